The highest BCUT2D eigenvalue weighted by atomic mass is 31.1. The first-order chi connectivity index (χ1) is 19.7. The maximum absolute atomic E-state index is 2.36. The van der Waals surface area contributed by atoms with E-state index in [0.717, 1.165) is 0 Å². The first kappa shape index (κ1) is 25.8. The smallest absolute Gasteiger partial charge is 0.0447 e. The maximum Gasteiger partial charge on any atom is 0.0447 e. The summed E-state index contributed by atoms with van der Waals surface area (Å²) >= 11 is 0. The first-order valence-corrected chi connectivity index (χ1v) is 15.0. The summed E-state index contributed by atoms with van der Waals surface area (Å²) in [5, 5.41) is 4.05. The van der Waals surface area contributed by atoms with Gasteiger partial charge in [0.25, 0.3) is 0 Å². The van der Waals surface area contributed by atoms with Crippen molar-refractivity contribution in [3.8, 4) is 33.4 Å². The Morgan fingerprint density at radius 1 is 0.400 bits per heavy atom. The van der Waals surface area contributed by atoms with Crippen molar-refractivity contribution in [2.24, 2.45) is 0 Å². The van der Waals surface area contributed by atoms with Gasteiger partial charge in [-0.05, 0) is 52.2 Å². The molecular weight excluding hydrogens is 501 g/mol. The molecule has 0 N–H and O–H groups in total. The first-order valence-electron chi connectivity index (χ1n) is 13.7. The van der Waals surface area contributed by atoms with Crippen molar-refractivity contribution in [3.05, 3.63) is 158 Å². The van der Waals surface area contributed by atoms with E-state index in [4.69, 9.17) is 0 Å². The number of rotatable bonds is 7. The Kier molecular flexibility index (Phi) is 7.58. The van der Waals surface area contributed by atoms with Gasteiger partial charge >= 0.3 is 0 Å². The van der Waals surface area contributed by atoms with Crippen molar-refractivity contribution in [2.45, 2.75) is 0 Å². The standard InChI is InChI=1S/C38H32NP/c1-39(2)35-27-15-25-33(29-17-7-3-8-18-29)37(35)38-34(30-19-9-4-10-20-30)26-16-28-36(38)40(31-21-11-5-12-22-31)32-23-13-6-14-24-32/h3-28H,1-2H3. The van der Waals surface area contributed by atoms with E-state index >= 15 is 0 Å². The van der Waals surface area contributed by atoms with E-state index in [1.807, 2.05) is 0 Å². The maximum atomic E-state index is 2.36. The van der Waals surface area contributed by atoms with Crippen LogP contribution in [0.15, 0.2) is 158 Å². The molecule has 0 spiro atoms. The van der Waals surface area contributed by atoms with Gasteiger partial charge in [0.05, 0.1) is 0 Å². The van der Waals surface area contributed by atoms with E-state index in [0.29, 0.717) is 0 Å². The van der Waals surface area contributed by atoms with Gasteiger partial charge in [-0.2, -0.15) is 0 Å². The lowest BCUT2D eigenvalue weighted by atomic mass is 9.88. The number of benzene rings is 6. The third-order valence-electron chi connectivity index (χ3n) is 7.26. The van der Waals surface area contributed by atoms with Gasteiger partial charge in [-0.3, -0.25) is 0 Å². The van der Waals surface area contributed by atoms with Crippen LogP contribution in [-0.2, 0) is 0 Å². The molecule has 1 nitrogen and oxygen atoms in total. The van der Waals surface area contributed by atoms with Crippen LogP contribution in [0, 0.1) is 0 Å². The molecule has 0 amide bonds. The monoisotopic (exact) mass is 533 g/mol. The Balaban J connectivity index is 1.76. The summed E-state index contributed by atoms with van der Waals surface area (Å²) in [7, 11) is 3.47. The minimum Gasteiger partial charge on any atom is -0.377 e. The zero-order chi connectivity index (χ0) is 27.3. The van der Waals surface area contributed by atoms with Gasteiger partial charge in [0, 0.05) is 30.9 Å². The Bertz CT molecular complexity index is 1660. The van der Waals surface area contributed by atoms with Crippen LogP contribution < -0.4 is 20.8 Å². The molecule has 0 heterocycles. The predicted octanol–water partition coefficient (Wildman–Crippen LogP) is 8.51. The Morgan fingerprint density at radius 2 is 0.825 bits per heavy atom. The lowest BCUT2D eigenvalue weighted by Gasteiger charge is -2.28. The summed E-state index contributed by atoms with van der Waals surface area (Å²) in [4.78, 5) is 2.25. The van der Waals surface area contributed by atoms with Crippen molar-refractivity contribution < 1.29 is 0 Å². The van der Waals surface area contributed by atoms with Crippen molar-refractivity contribution in [1.29, 1.82) is 0 Å². The minimum atomic E-state index is -0.828. The van der Waals surface area contributed by atoms with Crippen LogP contribution in [0.3, 0.4) is 0 Å². The number of nitrogens with zero attached hydrogens (tertiary/aromatic N) is 1. The van der Waals surface area contributed by atoms with Gasteiger partial charge < -0.3 is 4.90 Å². The van der Waals surface area contributed by atoms with Crippen LogP contribution in [0.4, 0.5) is 5.69 Å². The van der Waals surface area contributed by atoms with E-state index in [9.17, 15) is 0 Å². The molecule has 0 aliphatic carbocycles. The Labute approximate surface area is 239 Å². The molecule has 6 aromatic carbocycles. The van der Waals surface area contributed by atoms with E-state index in [1.54, 1.807) is 0 Å². The fourth-order valence-electron chi connectivity index (χ4n) is 5.46. The molecule has 6 aromatic rings. The fraction of sp³-hybridized carbons (Fsp3) is 0.0526. The van der Waals surface area contributed by atoms with Gasteiger partial charge in [-0.25, -0.2) is 0 Å². The number of hydrogen-bond donors (Lipinski definition) is 0. The topological polar surface area (TPSA) is 3.24 Å². The molecule has 0 aliphatic heterocycles. The van der Waals surface area contributed by atoms with Crippen LogP contribution in [0.25, 0.3) is 33.4 Å². The summed E-state index contributed by atoms with van der Waals surface area (Å²) in [6, 6.07) is 57.2. The van der Waals surface area contributed by atoms with Gasteiger partial charge in [0.15, 0.2) is 0 Å². The molecule has 40 heavy (non-hydrogen) atoms. The van der Waals surface area contributed by atoms with Gasteiger partial charge in [0.1, 0.15) is 0 Å². The SMILES string of the molecule is CN(C)c1cccc(-c2ccccc2)c1-c1c(-c2ccccc2)cccc1P(c1ccccc1)c1ccccc1. The van der Waals surface area contributed by atoms with E-state index in [2.05, 4.69) is 177 Å². The van der Waals surface area contributed by atoms with Crippen LogP contribution in [0.2, 0.25) is 0 Å². The fourth-order valence-corrected chi connectivity index (χ4v) is 7.95. The van der Waals surface area contributed by atoms with Crippen molar-refractivity contribution >= 4 is 29.5 Å². The summed E-state index contributed by atoms with van der Waals surface area (Å²) in [5.41, 5.74) is 8.73. The summed E-state index contributed by atoms with van der Waals surface area (Å²) < 4.78 is 0. The molecule has 0 saturated heterocycles. The van der Waals surface area contributed by atoms with Gasteiger partial charge in [0.2, 0.25) is 0 Å². The quantitative estimate of drug-likeness (QED) is 0.186. The van der Waals surface area contributed by atoms with Gasteiger partial charge in [-0.1, -0.05) is 152 Å². The molecule has 0 radical (unpaired) electrons. The zero-order valence-corrected chi connectivity index (χ0v) is 23.8. The number of anilines is 1. The van der Waals surface area contributed by atoms with E-state index in [1.165, 1.54) is 55.0 Å². The molecule has 2 heteroatoms. The molecule has 0 saturated carbocycles. The van der Waals surface area contributed by atoms with Crippen LogP contribution in [-0.4, -0.2) is 14.1 Å². The average molecular weight is 534 g/mol. The highest BCUT2D eigenvalue weighted by Crippen LogP contribution is 2.47. The van der Waals surface area contributed by atoms with Crippen molar-refractivity contribution in [1.82, 2.24) is 0 Å². The second-order valence-corrected chi connectivity index (χ2v) is 12.2. The normalized spacial score (nSPS) is 11.0. The molecule has 0 aromatic heterocycles. The molecule has 0 bridgehead atoms. The van der Waals surface area contributed by atoms with Crippen LogP contribution >= 0.6 is 7.92 Å². The summed E-state index contributed by atoms with van der Waals surface area (Å²) in [6.07, 6.45) is 0. The Morgan fingerprint density at radius 3 is 1.30 bits per heavy atom. The zero-order valence-electron chi connectivity index (χ0n) is 22.9. The van der Waals surface area contributed by atoms with E-state index < -0.39 is 7.92 Å². The number of hydrogen-bond acceptors (Lipinski definition) is 1. The molecule has 0 unspecified atom stereocenters. The second-order valence-electron chi connectivity index (χ2n) is 10.0. The molecule has 194 valence electrons. The molecule has 0 fully saturated rings. The lowest BCUT2D eigenvalue weighted by Crippen LogP contribution is -2.23. The molecule has 6 rings (SSSR count). The third-order valence-corrected chi connectivity index (χ3v) is 9.74. The molecule has 0 aliphatic rings. The highest BCUT2D eigenvalue weighted by molar-refractivity contribution is 7.80. The largest absolute Gasteiger partial charge is 0.377 e. The van der Waals surface area contributed by atoms with Crippen molar-refractivity contribution in [2.75, 3.05) is 19.0 Å². The predicted molar refractivity (Wildman–Crippen MR) is 176 cm³/mol. The average Bonchev–Trinajstić information content (AvgIpc) is 3.02. The molecule has 0 atom stereocenters. The Hall–Kier alpha value is -4.45. The molecular formula is C38H32NP. The van der Waals surface area contributed by atoms with E-state index in [-0.39, 0.29) is 0 Å². The second kappa shape index (κ2) is 11.7. The summed E-state index contributed by atoms with van der Waals surface area (Å²) in [5.74, 6) is 0. The highest BCUT2D eigenvalue weighted by Gasteiger charge is 2.26. The summed E-state index contributed by atoms with van der Waals surface area (Å²) in [6.45, 7) is 0. The van der Waals surface area contributed by atoms with Gasteiger partial charge in [-0.15, -0.1) is 0 Å². The lowest BCUT2D eigenvalue weighted by molar-refractivity contribution is 1.13. The third kappa shape index (κ3) is 5.09. The minimum absolute atomic E-state index is 0.828. The van der Waals surface area contributed by atoms with Crippen LogP contribution in [0.5, 0.6) is 0 Å². The van der Waals surface area contributed by atoms with Crippen molar-refractivity contribution in [3.63, 3.8) is 0 Å². The van der Waals surface area contributed by atoms with Crippen LogP contribution in [0.1, 0.15) is 0 Å².